The Morgan fingerprint density at radius 2 is 2.21 bits per heavy atom. The van der Waals surface area contributed by atoms with E-state index in [1.807, 2.05) is 0 Å². The number of nitrogens with zero attached hydrogens (tertiary/aromatic N) is 2. The third-order valence-corrected chi connectivity index (χ3v) is 4.10. The summed E-state index contributed by atoms with van der Waals surface area (Å²) >= 11 is 0. The Morgan fingerprint density at radius 1 is 1.42 bits per heavy atom. The lowest BCUT2D eigenvalue weighted by Crippen LogP contribution is -2.49. The van der Waals surface area contributed by atoms with Crippen LogP contribution >= 0.6 is 0 Å². The number of amides is 1. The number of benzene rings is 1. The van der Waals surface area contributed by atoms with Gasteiger partial charge in [0.25, 0.3) is 5.91 Å². The number of morpholine rings is 1. The molecular formula is C17H17FN2O4. The van der Waals surface area contributed by atoms with E-state index in [0.29, 0.717) is 35.3 Å². The molecule has 1 N–H and O–H groups in total. The lowest BCUT2D eigenvalue weighted by molar-refractivity contribution is -0.139. The van der Waals surface area contributed by atoms with Gasteiger partial charge in [-0.1, -0.05) is 0 Å². The topological polar surface area (TPSA) is 79.7 Å². The number of carbonyl (C=O) groups is 2. The van der Waals surface area contributed by atoms with Crippen molar-refractivity contribution in [3.05, 3.63) is 41.3 Å². The zero-order valence-electron chi connectivity index (χ0n) is 13.2. The van der Waals surface area contributed by atoms with Crippen LogP contribution in [0, 0.1) is 12.7 Å². The summed E-state index contributed by atoms with van der Waals surface area (Å²) in [6.45, 7) is 2.58. The molecule has 126 valence electrons. The molecule has 1 atom stereocenters. The molecule has 0 radical (unpaired) electrons. The maximum atomic E-state index is 13.3. The van der Waals surface area contributed by atoms with Gasteiger partial charge in [0.2, 0.25) is 0 Å². The van der Waals surface area contributed by atoms with E-state index in [4.69, 9.17) is 9.84 Å². The summed E-state index contributed by atoms with van der Waals surface area (Å²) in [6.07, 6.45) is -0.170. The lowest BCUT2D eigenvalue weighted by atomic mass is 10.1. The molecule has 0 aliphatic carbocycles. The predicted octanol–water partition coefficient (Wildman–Crippen LogP) is 2.00. The van der Waals surface area contributed by atoms with Crippen LogP contribution in [0.5, 0.6) is 0 Å². The summed E-state index contributed by atoms with van der Waals surface area (Å²) in [6, 6.07) is 5.37. The third-order valence-electron chi connectivity index (χ3n) is 4.10. The van der Waals surface area contributed by atoms with Crippen LogP contribution < -0.4 is 0 Å². The minimum atomic E-state index is -0.980. The third kappa shape index (κ3) is 3.21. The van der Waals surface area contributed by atoms with Crippen molar-refractivity contribution in [2.24, 2.45) is 0 Å². The van der Waals surface area contributed by atoms with Crippen LogP contribution in [-0.4, -0.2) is 52.7 Å². The van der Waals surface area contributed by atoms with Crippen LogP contribution in [0.1, 0.15) is 22.5 Å². The number of carboxylic acid groups (broad SMARTS) is 1. The van der Waals surface area contributed by atoms with Crippen LogP contribution in [-0.2, 0) is 9.53 Å². The van der Waals surface area contributed by atoms with Gasteiger partial charge in [0.05, 0.1) is 42.5 Å². The molecule has 1 unspecified atom stereocenters. The zero-order chi connectivity index (χ0) is 17.3. The van der Waals surface area contributed by atoms with Crippen molar-refractivity contribution in [1.82, 2.24) is 9.88 Å². The quantitative estimate of drug-likeness (QED) is 0.930. The fourth-order valence-electron chi connectivity index (χ4n) is 2.90. The minimum Gasteiger partial charge on any atom is -0.481 e. The Labute approximate surface area is 137 Å². The van der Waals surface area contributed by atoms with Crippen LogP contribution in [0.4, 0.5) is 4.39 Å². The number of carbonyl (C=O) groups excluding carboxylic acids is 1. The fourth-order valence-corrected chi connectivity index (χ4v) is 2.90. The normalized spacial score (nSPS) is 17.9. The number of aromatic nitrogens is 1. The molecule has 1 aliphatic heterocycles. The first-order chi connectivity index (χ1) is 11.5. The second kappa shape index (κ2) is 6.52. The highest BCUT2D eigenvalue weighted by Gasteiger charge is 2.30. The summed E-state index contributed by atoms with van der Waals surface area (Å²) in [7, 11) is 0. The number of carboxylic acids is 1. The molecule has 1 saturated heterocycles. The van der Waals surface area contributed by atoms with Gasteiger partial charge in [-0.2, -0.15) is 0 Å². The molecule has 1 fully saturated rings. The van der Waals surface area contributed by atoms with Gasteiger partial charge in [0, 0.05) is 18.0 Å². The largest absolute Gasteiger partial charge is 0.481 e. The average Bonchev–Trinajstić information content (AvgIpc) is 2.53. The van der Waals surface area contributed by atoms with E-state index in [1.54, 1.807) is 19.1 Å². The highest BCUT2D eigenvalue weighted by atomic mass is 19.1. The smallest absolute Gasteiger partial charge is 0.305 e. The number of ether oxygens (including phenoxy) is 1. The highest BCUT2D eigenvalue weighted by molar-refractivity contribution is 5.99. The fraction of sp³-hybridized carbons (Fsp3) is 0.353. The van der Waals surface area contributed by atoms with Gasteiger partial charge in [0.15, 0.2) is 0 Å². The highest BCUT2D eigenvalue weighted by Crippen LogP contribution is 2.21. The number of fused-ring (bicyclic) bond motifs is 1. The van der Waals surface area contributed by atoms with E-state index in [2.05, 4.69) is 4.98 Å². The molecule has 7 heteroatoms. The number of aliphatic carboxylic acids is 1. The van der Waals surface area contributed by atoms with Crippen molar-refractivity contribution < 1.29 is 23.8 Å². The molecule has 1 aromatic heterocycles. The Morgan fingerprint density at radius 3 is 2.96 bits per heavy atom. The van der Waals surface area contributed by atoms with Crippen LogP contribution in [0.15, 0.2) is 24.3 Å². The Hall–Kier alpha value is -2.54. The molecule has 0 bridgehead atoms. The molecular weight excluding hydrogens is 315 g/mol. The number of aryl methyl sites for hydroxylation is 1. The van der Waals surface area contributed by atoms with Crippen LogP contribution in [0.25, 0.3) is 10.9 Å². The first-order valence-corrected chi connectivity index (χ1v) is 7.63. The molecule has 3 rings (SSSR count). The van der Waals surface area contributed by atoms with E-state index < -0.39 is 12.0 Å². The molecule has 0 spiro atoms. The van der Waals surface area contributed by atoms with E-state index in [9.17, 15) is 14.0 Å². The first kappa shape index (κ1) is 16.3. The minimum absolute atomic E-state index is 0.170. The molecule has 6 nitrogen and oxygen atoms in total. The maximum Gasteiger partial charge on any atom is 0.305 e. The molecule has 0 saturated carbocycles. The predicted molar refractivity (Wildman–Crippen MR) is 84.3 cm³/mol. The second-order valence-corrected chi connectivity index (χ2v) is 5.78. The molecule has 1 aromatic carbocycles. The van der Waals surface area contributed by atoms with Crippen LogP contribution in [0.3, 0.4) is 0 Å². The van der Waals surface area contributed by atoms with Crippen molar-refractivity contribution in [2.45, 2.75) is 19.4 Å². The van der Waals surface area contributed by atoms with Gasteiger partial charge in [0.1, 0.15) is 5.82 Å². The van der Waals surface area contributed by atoms with E-state index >= 15 is 0 Å². The number of hydrogen-bond donors (Lipinski definition) is 1. The monoisotopic (exact) mass is 332 g/mol. The van der Waals surface area contributed by atoms with Gasteiger partial charge in [-0.25, -0.2) is 4.39 Å². The molecule has 2 aromatic rings. The standard InChI is InChI=1S/C17H17FN2O4/c1-10-14(6-11-2-3-12(18)7-15(11)19-10)17(23)20-4-5-24-9-13(20)8-16(21)22/h2-3,6-7,13H,4-5,8-9H2,1H3,(H,21,22). The lowest BCUT2D eigenvalue weighted by Gasteiger charge is -2.35. The summed E-state index contributed by atoms with van der Waals surface area (Å²) < 4.78 is 18.6. The van der Waals surface area contributed by atoms with E-state index in [1.165, 1.54) is 17.0 Å². The van der Waals surface area contributed by atoms with Crippen molar-refractivity contribution in [3.63, 3.8) is 0 Å². The Kier molecular flexibility index (Phi) is 4.44. The SMILES string of the molecule is Cc1nc2cc(F)ccc2cc1C(=O)N1CCOCC1CC(=O)O. The van der Waals surface area contributed by atoms with Crippen molar-refractivity contribution in [3.8, 4) is 0 Å². The summed E-state index contributed by atoms with van der Waals surface area (Å²) in [4.78, 5) is 29.7. The number of halogens is 1. The van der Waals surface area contributed by atoms with Crippen molar-refractivity contribution in [1.29, 1.82) is 0 Å². The number of pyridine rings is 1. The van der Waals surface area contributed by atoms with Gasteiger partial charge in [-0.05, 0) is 25.1 Å². The maximum absolute atomic E-state index is 13.3. The molecule has 2 heterocycles. The number of hydrogen-bond acceptors (Lipinski definition) is 4. The zero-order valence-corrected chi connectivity index (χ0v) is 13.2. The van der Waals surface area contributed by atoms with Gasteiger partial charge in [-0.15, -0.1) is 0 Å². The van der Waals surface area contributed by atoms with Gasteiger partial charge in [-0.3, -0.25) is 14.6 Å². The van der Waals surface area contributed by atoms with Crippen molar-refractivity contribution >= 4 is 22.8 Å². The van der Waals surface area contributed by atoms with E-state index in [-0.39, 0.29) is 24.8 Å². The first-order valence-electron chi connectivity index (χ1n) is 7.63. The second-order valence-electron chi connectivity index (χ2n) is 5.78. The Balaban J connectivity index is 1.95. The van der Waals surface area contributed by atoms with E-state index in [0.717, 1.165) is 0 Å². The molecule has 1 aliphatic rings. The molecule has 1 amide bonds. The Bertz CT molecular complexity index is 809. The van der Waals surface area contributed by atoms with Crippen molar-refractivity contribution in [2.75, 3.05) is 19.8 Å². The molecule has 24 heavy (non-hydrogen) atoms. The summed E-state index contributed by atoms with van der Waals surface area (Å²) in [5, 5.41) is 9.68. The number of rotatable bonds is 3. The van der Waals surface area contributed by atoms with Gasteiger partial charge < -0.3 is 14.7 Å². The van der Waals surface area contributed by atoms with Crippen LogP contribution in [0.2, 0.25) is 0 Å². The van der Waals surface area contributed by atoms with Gasteiger partial charge >= 0.3 is 5.97 Å². The summed E-state index contributed by atoms with van der Waals surface area (Å²) in [5.41, 5.74) is 1.36. The average molecular weight is 332 g/mol. The summed E-state index contributed by atoms with van der Waals surface area (Å²) in [5.74, 6) is -1.64.